The molecule has 0 aromatic rings. The van der Waals surface area contributed by atoms with Crippen molar-refractivity contribution in [1.82, 2.24) is 4.90 Å². The van der Waals surface area contributed by atoms with Crippen molar-refractivity contribution < 1.29 is 5.11 Å². The van der Waals surface area contributed by atoms with E-state index in [9.17, 15) is 5.11 Å². The van der Waals surface area contributed by atoms with E-state index in [0.29, 0.717) is 6.04 Å². The Kier molecular flexibility index (Phi) is 2.67. The normalized spacial score (nSPS) is 37.6. The molecule has 1 aliphatic carbocycles. The predicted molar refractivity (Wildman–Crippen MR) is 58.2 cm³/mol. The molecule has 0 aromatic heterocycles. The van der Waals surface area contributed by atoms with Crippen LogP contribution in [0.4, 0.5) is 0 Å². The molecule has 1 N–H and O–H groups in total. The van der Waals surface area contributed by atoms with E-state index in [4.69, 9.17) is 0 Å². The molecule has 0 bridgehead atoms. The molecule has 1 fully saturated rings. The molecule has 2 rings (SSSR count). The number of aliphatic hydroxyl groups excluding tert-OH is 1. The lowest BCUT2D eigenvalue weighted by molar-refractivity contribution is 0.0377. The maximum atomic E-state index is 9.89. The summed E-state index contributed by atoms with van der Waals surface area (Å²) in [5, 5.41) is 9.89. The average molecular weight is 195 g/mol. The van der Waals surface area contributed by atoms with E-state index in [1.165, 1.54) is 19.3 Å². The summed E-state index contributed by atoms with van der Waals surface area (Å²) in [6, 6.07) is 0.566. The molecule has 1 saturated heterocycles. The highest BCUT2D eigenvalue weighted by Gasteiger charge is 2.42. The molecule has 2 unspecified atom stereocenters. The Morgan fingerprint density at radius 2 is 2.14 bits per heavy atom. The quantitative estimate of drug-likeness (QED) is 0.646. The van der Waals surface area contributed by atoms with Crippen LogP contribution in [0.1, 0.15) is 39.5 Å². The van der Waals surface area contributed by atoms with Gasteiger partial charge in [0.2, 0.25) is 0 Å². The maximum Gasteiger partial charge on any atom is 0.0730 e. The van der Waals surface area contributed by atoms with Gasteiger partial charge in [-0.05, 0) is 39.5 Å². The van der Waals surface area contributed by atoms with E-state index < -0.39 is 0 Å². The van der Waals surface area contributed by atoms with Gasteiger partial charge in [-0.2, -0.15) is 0 Å². The van der Waals surface area contributed by atoms with Crippen molar-refractivity contribution in [3.8, 4) is 0 Å². The van der Waals surface area contributed by atoms with Crippen LogP contribution in [0.25, 0.3) is 0 Å². The van der Waals surface area contributed by atoms with Gasteiger partial charge < -0.3 is 5.11 Å². The number of allylic oxidation sites excluding steroid dienone is 1. The number of hydrogen-bond donors (Lipinski definition) is 1. The monoisotopic (exact) mass is 195 g/mol. The van der Waals surface area contributed by atoms with Gasteiger partial charge in [0.15, 0.2) is 0 Å². The van der Waals surface area contributed by atoms with E-state index in [0.717, 1.165) is 13.0 Å². The van der Waals surface area contributed by atoms with Crippen LogP contribution >= 0.6 is 0 Å². The fraction of sp³-hybridized carbons (Fsp3) is 0.833. The van der Waals surface area contributed by atoms with Crippen molar-refractivity contribution in [1.29, 1.82) is 0 Å². The number of nitrogens with zero attached hydrogens (tertiary/aromatic N) is 1. The first kappa shape index (κ1) is 10.2. The highest BCUT2D eigenvalue weighted by molar-refractivity contribution is 5.06. The van der Waals surface area contributed by atoms with Gasteiger partial charge in [-0.3, -0.25) is 4.90 Å². The number of rotatable bonds is 1. The van der Waals surface area contributed by atoms with Crippen LogP contribution in [0.15, 0.2) is 12.2 Å². The van der Waals surface area contributed by atoms with Gasteiger partial charge in [-0.1, -0.05) is 12.2 Å². The van der Waals surface area contributed by atoms with Crippen LogP contribution in [0.3, 0.4) is 0 Å². The Bertz CT molecular complexity index is 234. The van der Waals surface area contributed by atoms with Gasteiger partial charge >= 0.3 is 0 Å². The Morgan fingerprint density at radius 1 is 1.36 bits per heavy atom. The second-order valence-electron chi connectivity index (χ2n) is 5.08. The summed E-state index contributed by atoms with van der Waals surface area (Å²) in [4.78, 5) is 2.47. The Labute approximate surface area is 86.6 Å². The van der Waals surface area contributed by atoms with Gasteiger partial charge in [-0.25, -0.2) is 0 Å². The summed E-state index contributed by atoms with van der Waals surface area (Å²) in [6.07, 6.45) is 9.16. The predicted octanol–water partition coefficient (Wildman–Crippen LogP) is 1.94. The second kappa shape index (κ2) is 3.67. The lowest BCUT2D eigenvalue weighted by atomic mass is 9.94. The van der Waals surface area contributed by atoms with Crippen molar-refractivity contribution in [2.45, 2.75) is 57.2 Å². The Morgan fingerprint density at radius 3 is 2.64 bits per heavy atom. The van der Waals surface area contributed by atoms with Gasteiger partial charge in [0.1, 0.15) is 0 Å². The molecule has 0 radical (unpaired) electrons. The molecule has 0 spiro atoms. The molecule has 14 heavy (non-hydrogen) atoms. The zero-order valence-corrected chi connectivity index (χ0v) is 9.24. The number of likely N-dealkylation sites (tertiary alicyclic amines) is 1. The third-order valence-electron chi connectivity index (χ3n) is 3.83. The smallest absolute Gasteiger partial charge is 0.0730 e. The highest BCUT2D eigenvalue weighted by Crippen LogP contribution is 2.33. The van der Waals surface area contributed by atoms with Gasteiger partial charge in [0.25, 0.3) is 0 Å². The molecule has 0 amide bonds. The lowest BCUT2D eigenvalue weighted by Gasteiger charge is -2.39. The van der Waals surface area contributed by atoms with Crippen LogP contribution < -0.4 is 0 Å². The first-order chi connectivity index (χ1) is 6.62. The van der Waals surface area contributed by atoms with Crippen LogP contribution in [-0.4, -0.2) is 34.2 Å². The van der Waals surface area contributed by atoms with Crippen LogP contribution in [0.5, 0.6) is 0 Å². The Balaban J connectivity index is 2.10. The summed E-state index contributed by atoms with van der Waals surface area (Å²) in [7, 11) is 0. The molecule has 0 aromatic carbocycles. The van der Waals surface area contributed by atoms with E-state index in [1.807, 2.05) is 0 Å². The summed E-state index contributed by atoms with van der Waals surface area (Å²) in [5.74, 6) is 0. The lowest BCUT2D eigenvalue weighted by Crippen LogP contribution is -2.49. The topological polar surface area (TPSA) is 23.5 Å². The van der Waals surface area contributed by atoms with Crippen molar-refractivity contribution in [2.24, 2.45) is 0 Å². The van der Waals surface area contributed by atoms with Crippen LogP contribution in [0, 0.1) is 0 Å². The highest BCUT2D eigenvalue weighted by atomic mass is 16.3. The van der Waals surface area contributed by atoms with Crippen molar-refractivity contribution in [3.05, 3.63) is 12.2 Å². The summed E-state index contributed by atoms with van der Waals surface area (Å²) in [5.41, 5.74) is -0.0354. The molecule has 2 aliphatic rings. The maximum absolute atomic E-state index is 9.89. The van der Waals surface area contributed by atoms with Gasteiger partial charge in [0, 0.05) is 18.1 Å². The molecule has 2 atom stereocenters. The Hall–Kier alpha value is -0.340. The summed E-state index contributed by atoms with van der Waals surface area (Å²) in [6.45, 7) is 5.36. The first-order valence-electron chi connectivity index (χ1n) is 5.74. The van der Waals surface area contributed by atoms with E-state index in [2.05, 4.69) is 30.9 Å². The molecular formula is C12H21NO. The fourth-order valence-electron chi connectivity index (χ4n) is 2.74. The molecule has 2 heteroatoms. The molecule has 0 saturated carbocycles. The largest absolute Gasteiger partial charge is 0.391 e. The standard InChI is InChI=1S/C12H21NO/c1-12(2)11(14)8-9-13(12)10-6-4-3-5-7-10/h4,6,10-11,14H,3,5,7-9H2,1-2H3. The third-order valence-corrected chi connectivity index (χ3v) is 3.83. The zero-order chi connectivity index (χ0) is 10.2. The van der Waals surface area contributed by atoms with Gasteiger partial charge in [-0.15, -0.1) is 0 Å². The van der Waals surface area contributed by atoms with Gasteiger partial charge in [0.05, 0.1) is 6.10 Å². The van der Waals surface area contributed by atoms with Crippen molar-refractivity contribution in [2.75, 3.05) is 6.54 Å². The SMILES string of the molecule is CC1(C)C(O)CCN1C1C=CCCC1. The molecule has 1 heterocycles. The van der Waals surface area contributed by atoms with Crippen molar-refractivity contribution in [3.63, 3.8) is 0 Å². The van der Waals surface area contributed by atoms with Crippen LogP contribution in [0.2, 0.25) is 0 Å². The number of aliphatic hydroxyl groups is 1. The molecule has 1 aliphatic heterocycles. The minimum atomic E-state index is -0.155. The average Bonchev–Trinajstić information content (AvgIpc) is 2.44. The summed E-state index contributed by atoms with van der Waals surface area (Å²) >= 11 is 0. The second-order valence-corrected chi connectivity index (χ2v) is 5.08. The minimum Gasteiger partial charge on any atom is -0.391 e. The minimum absolute atomic E-state index is 0.0354. The molecular weight excluding hydrogens is 174 g/mol. The molecule has 80 valence electrons. The van der Waals surface area contributed by atoms with E-state index in [-0.39, 0.29) is 11.6 Å². The fourth-order valence-corrected chi connectivity index (χ4v) is 2.74. The van der Waals surface area contributed by atoms with Crippen LogP contribution in [-0.2, 0) is 0 Å². The molecule has 2 nitrogen and oxygen atoms in total. The van der Waals surface area contributed by atoms with E-state index >= 15 is 0 Å². The third kappa shape index (κ3) is 1.61. The first-order valence-corrected chi connectivity index (χ1v) is 5.74. The number of hydrogen-bond acceptors (Lipinski definition) is 2. The van der Waals surface area contributed by atoms with E-state index in [1.54, 1.807) is 0 Å². The summed E-state index contributed by atoms with van der Waals surface area (Å²) < 4.78 is 0. The zero-order valence-electron chi connectivity index (χ0n) is 9.24. The van der Waals surface area contributed by atoms with Crippen molar-refractivity contribution >= 4 is 0 Å².